The number of aliphatic hydroxyl groups is 1. The highest BCUT2D eigenvalue weighted by Gasteiger charge is 2.27. The predicted molar refractivity (Wildman–Crippen MR) is 232 cm³/mol. The summed E-state index contributed by atoms with van der Waals surface area (Å²) < 4.78 is 1.69. The molecule has 0 aliphatic carbocycles. The van der Waals surface area contributed by atoms with Crippen molar-refractivity contribution in [3.63, 3.8) is 0 Å². The molecule has 0 atom stereocenters. The second-order valence-corrected chi connectivity index (χ2v) is 15.2. The number of aromatic amines is 1. The highest BCUT2D eigenvalue weighted by molar-refractivity contribution is 6.45. The quantitative estimate of drug-likeness (QED) is 0.0756. The van der Waals surface area contributed by atoms with Crippen LogP contribution in [-0.2, 0) is 40.3 Å². The van der Waals surface area contributed by atoms with Crippen molar-refractivity contribution in [1.29, 1.82) is 0 Å². The molecule has 4 amide bonds. The number of nitrogens with two attached hydrogens (primary N) is 1. The number of benzene rings is 2. The molecule has 1 aliphatic rings. The molecule has 0 saturated carbocycles. The predicted octanol–water partition coefficient (Wildman–Crippen LogP) is 4.63. The van der Waals surface area contributed by atoms with Gasteiger partial charge in [-0.3, -0.25) is 28.8 Å². The topological polar surface area (TPSA) is 233 Å². The van der Waals surface area contributed by atoms with Crippen molar-refractivity contribution in [2.45, 2.75) is 45.7 Å². The van der Waals surface area contributed by atoms with Gasteiger partial charge in [-0.25, -0.2) is 4.98 Å². The Balaban J connectivity index is 0.845. The maximum atomic E-state index is 12.8. The Kier molecular flexibility index (Phi) is 13.2. The number of aromatic nitrogens is 5. The molecule has 0 spiro atoms. The fourth-order valence-corrected chi connectivity index (χ4v) is 7.89. The SMILES string of the molecule is CCc1c(-c2ccc(C(=O)NCCC(=O)NCCC(=O)NCCn3ccc(-c4cc(Cl)c(Cl)c5[nH]c6c(c45)CN(C(=O)CO)CC6)n3)nc2)cnc(N)c1-c1ccc(O)cc1. The van der Waals surface area contributed by atoms with Crippen molar-refractivity contribution >= 4 is 63.6 Å². The number of anilines is 1. The van der Waals surface area contributed by atoms with Gasteiger partial charge in [-0.05, 0) is 47.9 Å². The molecule has 18 heteroatoms. The summed E-state index contributed by atoms with van der Waals surface area (Å²) in [6.07, 6.45) is 6.37. The molecule has 0 radical (unpaired) electrons. The number of aliphatic hydroxyl groups excluding tert-OH is 1. The Morgan fingerprint density at radius 1 is 0.902 bits per heavy atom. The molecule has 316 valence electrons. The highest BCUT2D eigenvalue weighted by atomic mass is 35.5. The normalized spacial score (nSPS) is 12.3. The Labute approximate surface area is 360 Å². The number of nitrogen functional groups attached to an aromatic ring is 1. The molecular formula is C43H44Cl2N10O6. The van der Waals surface area contributed by atoms with Crippen LogP contribution in [0.1, 0.15) is 47.1 Å². The first-order chi connectivity index (χ1) is 29.4. The number of fused-ring (bicyclic) bond motifs is 3. The summed E-state index contributed by atoms with van der Waals surface area (Å²) in [6, 6.07) is 13.7. The first-order valence-electron chi connectivity index (χ1n) is 19.7. The lowest BCUT2D eigenvalue weighted by atomic mass is 9.92. The minimum atomic E-state index is -0.566. The fourth-order valence-electron chi connectivity index (χ4n) is 7.49. The van der Waals surface area contributed by atoms with Crippen molar-refractivity contribution in [2.24, 2.45) is 0 Å². The lowest BCUT2D eigenvalue weighted by Crippen LogP contribution is -2.37. The van der Waals surface area contributed by atoms with Crippen LogP contribution in [0, 0.1) is 0 Å². The zero-order chi connectivity index (χ0) is 43.2. The van der Waals surface area contributed by atoms with Gasteiger partial charge in [-0.15, -0.1) is 0 Å². The van der Waals surface area contributed by atoms with Crippen LogP contribution in [0.2, 0.25) is 10.0 Å². The summed E-state index contributed by atoms with van der Waals surface area (Å²) in [7, 11) is 0. The van der Waals surface area contributed by atoms with Gasteiger partial charge in [0.15, 0.2) is 0 Å². The van der Waals surface area contributed by atoms with E-state index in [9.17, 15) is 29.4 Å². The lowest BCUT2D eigenvalue weighted by Gasteiger charge is -2.26. The third-order valence-electron chi connectivity index (χ3n) is 10.6. The summed E-state index contributed by atoms with van der Waals surface area (Å²) in [5, 5.41) is 33.6. The number of hydrogen-bond donors (Lipinski definition) is 7. The number of phenolic OH excluding ortho intramolecular Hbond substituents is 1. The van der Waals surface area contributed by atoms with Gasteiger partial charge in [0.25, 0.3) is 5.91 Å². The third-order valence-corrected chi connectivity index (χ3v) is 11.3. The maximum absolute atomic E-state index is 12.8. The molecule has 4 aromatic heterocycles. The first kappa shape index (κ1) is 42.6. The number of nitrogens with one attached hydrogen (secondary N) is 4. The van der Waals surface area contributed by atoms with Crippen LogP contribution >= 0.6 is 23.2 Å². The zero-order valence-corrected chi connectivity index (χ0v) is 34.7. The minimum absolute atomic E-state index is 0.0137. The summed E-state index contributed by atoms with van der Waals surface area (Å²) in [5.41, 5.74) is 14.5. The molecule has 6 aromatic rings. The van der Waals surface area contributed by atoms with Crippen LogP contribution in [0.25, 0.3) is 44.4 Å². The van der Waals surface area contributed by atoms with E-state index in [1.807, 2.05) is 13.0 Å². The molecule has 61 heavy (non-hydrogen) atoms. The van der Waals surface area contributed by atoms with Gasteiger partial charge in [-0.1, -0.05) is 48.3 Å². The van der Waals surface area contributed by atoms with Crippen molar-refractivity contribution in [3.05, 3.63) is 99.7 Å². The van der Waals surface area contributed by atoms with E-state index in [0.29, 0.717) is 66.1 Å². The second-order valence-electron chi connectivity index (χ2n) is 14.4. The molecule has 0 unspecified atom stereocenters. The third kappa shape index (κ3) is 9.46. The zero-order valence-electron chi connectivity index (χ0n) is 33.2. The number of phenols is 1. The standard InChI is InChI=1S/C43H44Cl2N10O6/c1-2-27-29(21-51-42(46)38(27)24-3-6-26(57)7-4-24)25-5-8-34(50-20-25)43(61)49-14-10-35(58)47-13-9-36(59)48-15-18-55-17-12-33(53-55)28-19-31(44)40(45)41-39(28)30-22-54(37(60)23-56)16-11-32(30)52-41/h3-8,12,17,19-21,52,56-57H,2,9-11,13-16,18,22-23H2,1H3,(H2,46,51)(H,47,58)(H,48,59)(H,49,61). The van der Waals surface area contributed by atoms with Crippen molar-refractivity contribution in [1.82, 2.24) is 45.6 Å². The van der Waals surface area contributed by atoms with Crippen LogP contribution in [0.5, 0.6) is 5.75 Å². The van der Waals surface area contributed by atoms with E-state index in [1.54, 1.807) is 70.6 Å². The molecule has 8 N–H and O–H groups in total. The first-order valence-corrected chi connectivity index (χ1v) is 20.5. The number of carbonyl (C=O) groups excluding carboxylic acids is 4. The summed E-state index contributed by atoms with van der Waals surface area (Å²) in [6.45, 7) is 3.10. The van der Waals surface area contributed by atoms with E-state index in [-0.39, 0.29) is 55.1 Å². The van der Waals surface area contributed by atoms with E-state index >= 15 is 0 Å². The number of rotatable bonds is 15. The number of carbonyl (C=O) groups is 4. The molecule has 1 aliphatic heterocycles. The van der Waals surface area contributed by atoms with Gasteiger partial charge in [-0.2, -0.15) is 5.10 Å². The van der Waals surface area contributed by atoms with E-state index in [2.05, 4.69) is 30.9 Å². The van der Waals surface area contributed by atoms with Crippen LogP contribution in [-0.4, -0.2) is 96.3 Å². The van der Waals surface area contributed by atoms with Gasteiger partial charge >= 0.3 is 0 Å². The summed E-state index contributed by atoms with van der Waals surface area (Å²) in [4.78, 5) is 63.8. The van der Waals surface area contributed by atoms with Crippen LogP contribution in [0.15, 0.2) is 67.1 Å². The molecule has 16 nitrogen and oxygen atoms in total. The smallest absolute Gasteiger partial charge is 0.269 e. The number of hydrogen-bond acceptors (Lipinski definition) is 10. The Hall–Kier alpha value is -6.49. The van der Waals surface area contributed by atoms with Gasteiger partial charge in [0.1, 0.15) is 23.9 Å². The van der Waals surface area contributed by atoms with Crippen LogP contribution in [0.3, 0.4) is 0 Å². The van der Waals surface area contributed by atoms with Gasteiger partial charge in [0.05, 0.1) is 27.8 Å². The number of halogens is 2. The van der Waals surface area contributed by atoms with Crippen molar-refractivity contribution < 1.29 is 29.4 Å². The monoisotopic (exact) mass is 866 g/mol. The molecule has 2 aromatic carbocycles. The Morgan fingerprint density at radius 2 is 1.62 bits per heavy atom. The molecule has 5 heterocycles. The molecule has 0 saturated heterocycles. The lowest BCUT2D eigenvalue weighted by molar-refractivity contribution is -0.135. The minimum Gasteiger partial charge on any atom is -0.508 e. The van der Waals surface area contributed by atoms with E-state index in [1.165, 1.54) is 0 Å². The number of H-pyrrole nitrogens is 1. The number of pyridine rings is 2. The summed E-state index contributed by atoms with van der Waals surface area (Å²) in [5.74, 6) is -0.834. The van der Waals surface area contributed by atoms with Gasteiger partial charge in [0.2, 0.25) is 17.7 Å². The molecule has 0 bridgehead atoms. The fraction of sp³-hybridized carbons (Fsp3) is 0.279. The van der Waals surface area contributed by atoms with E-state index < -0.39 is 12.5 Å². The van der Waals surface area contributed by atoms with Crippen molar-refractivity contribution in [2.75, 3.05) is 38.5 Å². The number of aromatic hydroxyl groups is 1. The number of nitrogens with zero attached hydrogens (tertiary/aromatic N) is 5. The average Bonchev–Trinajstić information content (AvgIpc) is 3.90. The Bertz CT molecular complexity index is 2610. The van der Waals surface area contributed by atoms with E-state index in [0.717, 1.165) is 50.0 Å². The van der Waals surface area contributed by atoms with Crippen LogP contribution in [0.4, 0.5) is 5.82 Å². The number of amides is 4. The van der Waals surface area contributed by atoms with Gasteiger partial charge in [0, 0.05) is 109 Å². The van der Waals surface area contributed by atoms with Crippen LogP contribution < -0.4 is 21.7 Å². The van der Waals surface area contributed by atoms with E-state index in [4.69, 9.17) is 34.0 Å². The molecular weight excluding hydrogens is 823 g/mol. The highest BCUT2D eigenvalue weighted by Crippen LogP contribution is 2.42. The van der Waals surface area contributed by atoms with Gasteiger partial charge < -0.3 is 41.8 Å². The van der Waals surface area contributed by atoms with Crippen molar-refractivity contribution in [3.8, 4) is 39.3 Å². The maximum Gasteiger partial charge on any atom is 0.269 e. The molecule has 0 fully saturated rings. The second kappa shape index (κ2) is 18.8. The average molecular weight is 868 g/mol. The Morgan fingerprint density at radius 3 is 2.33 bits per heavy atom. The molecule has 7 rings (SSSR count). The largest absolute Gasteiger partial charge is 0.508 e. The summed E-state index contributed by atoms with van der Waals surface area (Å²) >= 11 is 13.1.